The molecule has 50 heavy (non-hydrogen) atoms. The molecular formula is C45H48N3OPt-. The third kappa shape index (κ3) is 7.28. The summed E-state index contributed by atoms with van der Waals surface area (Å²) in [7, 11) is 0. The third-order valence-electron chi connectivity index (χ3n) is 9.29. The Morgan fingerprint density at radius 1 is 0.700 bits per heavy atom. The molecule has 0 aliphatic rings. The molecule has 6 rings (SSSR count). The third-order valence-corrected chi connectivity index (χ3v) is 9.29. The normalized spacial score (nSPS) is 12.2. The molecule has 1 N–H and O–H groups in total. The van der Waals surface area contributed by atoms with Gasteiger partial charge in [0.25, 0.3) is 0 Å². The predicted molar refractivity (Wildman–Crippen MR) is 206 cm³/mol. The minimum Gasteiger partial charge on any atom is -0.507 e. The number of fused-ring (bicyclic) bond motifs is 1. The van der Waals surface area contributed by atoms with Crippen LogP contribution < -0.4 is 0 Å². The molecule has 0 spiro atoms. The van der Waals surface area contributed by atoms with E-state index in [1.54, 1.807) is 6.07 Å². The van der Waals surface area contributed by atoms with Crippen LogP contribution in [0.2, 0.25) is 0 Å². The van der Waals surface area contributed by atoms with Crippen LogP contribution in [0.25, 0.3) is 56.1 Å². The summed E-state index contributed by atoms with van der Waals surface area (Å²) in [5.41, 5.74) is 12.7. The number of allylic oxidation sites excluding steroid dienone is 1. The fourth-order valence-electron chi connectivity index (χ4n) is 6.16. The quantitative estimate of drug-likeness (QED) is 0.176. The van der Waals surface area contributed by atoms with Crippen LogP contribution in [0.3, 0.4) is 0 Å². The molecule has 0 aliphatic carbocycles. The van der Waals surface area contributed by atoms with E-state index in [1.165, 1.54) is 16.7 Å². The van der Waals surface area contributed by atoms with Crippen LogP contribution in [0.15, 0.2) is 97.7 Å². The maximum Gasteiger partial charge on any atom is 0.148 e. The number of benzene rings is 4. The summed E-state index contributed by atoms with van der Waals surface area (Å²) < 4.78 is 2.21. The van der Waals surface area contributed by atoms with Crippen molar-refractivity contribution < 1.29 is 26.2 Å². The second-order valence-electron chi connectivity index (χ2n) is 16.4. The summed E-state index contributed by atoms with van der Waals surface area (Å²) in [5, 5.41) is 11.2. The molecule has 2 heterocycles. The van der Waals surface area contributed by atoms with Crippen LogP contribution in [0, 0.1) is 6.07 Å². The first kappa shape index (κ1) is 37.0. The van der Waals surface area contributed by atoms with Crippen LogP contribution in [-0.4, -0.2) is 19.6 Å². The molecule has 0 bridgehead atoms. The molecule has 4 aromatic carbocycles. The Morgan fingerprint density at radius 3 is 1.88 bits per heavy atom. The number of phenols is 1. The fraction of sp³-hybridized carbons (Fsp3) is 0.289. The van der Waals surface area contributed by atoms with Gasteiger partial charge in [0, 0.05) is 38.6 Å². The minimum atomic E-state index is -0.116. The van der Waals surface area contributed by atoms with Crippen molar-refractivity contribution in [1.29, 1.82) is 0 Å². The first-order chi connectivity index (χ1) is 22.9. The smallest absolute Gasteiger partial charge is 0.148 e. The molecule has 0 aliphatic heterocycles. The Morgan fingerprint density at radius 2 is 1.28 bits per heavy atom. The van der Waals surface area contributed by atoms with E-state index >= 15 is 0 Å². The topological polar surface area (TPSA) is 50.9 Å². The van der Waals surface area contributed by atoms with Gasteiger partial charge in [-0.15, -0.1) is 29.3 Å². The molecule has 0 fully saturated rings. The molecule has 0 saturated carbocycles. The number of aromatic hydroxyl groups is 1. The SMILES string of the molecule is C=C(C)c1ccnc(-c2[c-]c(-c3cccc4c3nc(-c3ccccc3O)n4-c3cc(C(C)(C)C)cc(C(C)(C)C)c3)cc(C(C)(C)C)c2)c1.[Pt]. The Labute approximate surface area is 312 Å². The Hall–Kier alpha value is -4.27. The van der Waals surface area contributed by atoms with Gasteiger partial charge in [0.2, 0.25) is 0 Å². The monoisotopic (exact) mass is 841 g/mol. The second-order valence-corrected chi connectivity index (χ2v) is 16.4. The van der Waals surface area contributed by atoms with E-state index in [0.29, 0.717) is 11.4 Å². The van der Waals surface area contributed by atoms with Crippen LogP contribution >= 0.6 is 0 Å². The Balaban J connectivity index is 0.00000486. The maximum absolute atomic E-state index is 11.2. The number of nitrogens with zero attached hydrogens (tertiary/aromatic N) is 3. The average molecular weight is 842 g/mol. The number of hydrogen-bond donors (Lipinski definition) is 1. The number of para-hydroxylation sites is 2. The minimum absolute atomic E-state index is 0. The molecule has 0 saturated heterocycles. The van der Waals surface area contributed by atoms with Gasteiger partial charge in [0.05, 0.1) is 16.6 Å². The van der Waals surface area contributed by atoms with Gasteiger partial charge in [-0.3, -0.25) is 9.55 Å². The van der Waals surface area contributed by atoms with Crippen molar-refractivity contribution in [1.82, 2.24) is 14.5 Å². The standard InChI is InChI=1S/C45H48N3O.Pt/c1-28(2)29-19-20-46-38(24-29)31-21-30(22-32(23-31)43(3,4)5)36-16-14-17-39-41(36)47-42(37-15-12-13-18-40(37)49)48(39)35-26-33(44(6,7)8)25-34(27-35)45(9,10)11;/h12-20,22-27,49H,1H2,2-11H3;/q-1;. The summed E-state index contributed by atoms with van der Waals surface area (Å²) in [4.78, 5) is 10.1. The average Bonchev–Trinajstić information content (AvgIpc) is 3.43. The molecule has 4 nitrogen and oxygen atoms in total. The van der Waals surface area contributed by atoms with Gasteiger partial charge in [-0.1, -0.05) is 122 Å². The van der Waals surface area contributed by atoms with Gasteiger partial charge in [-0.05, 0) is 76.3 Å². The van der Waals surface area contributed by atoms with Crippen LogP contribution in [-0.2, 0) is 37.3 Å². The van der Waals surface area contributed by atoms with Crippen molar-refractivity contribution in [2.75, 3.05) is 0 Å². The maximum atomic E-state index is 11.2. The van der Waals surface area contributed by atoms with Crippen molar-refractivity contribution in [3.63, 3.8) is 0 Å². The van der Waals surface area contributed by atoms with Gasteiger partial charge in [0.1, 0.15) is 11.6 Å². The Kier molecular flexibility index (Phi) is 9.96. The molecular weight excluding hydrogens is 794 g/mol. The molecule has 2 aromatic heterocycles. The second kappa shape index (κ2) is 13.5. The summed E-state index contributed by atoms with van der Waals surface area (Å²) in [5.74, 6) is 0.880. The van der Waals surface area contributed by atoms with E-state index < -0.39 is 0 Å². The molecule has 5 heteroatoms. The number of pyridine rings is 1. The molecule has 260 valence electrons. The largest absolute Gasteiger partial charge is 0.507 e. The molecule has 6 aromatic rings. The van der Waals surface area contributed by atoms with Crippen molar-refractivity contribution in [2.24, 2.45) is 0 Å². The first-order valence-electron chi connectivity index (χ1n) is 17.1. The van der Waals surface area contributed by atoms with E-state index in [1.807, 2.05) is 37.4 Å². The summed E-state index contributed by atoms with van der Waals surface area (Å²) >= 11 is 0. The van der Waals surface area contributed by atoms with Gasteiger partial charge in [-0.2, -0.15) is 0 Å². The predicted octanol–water partition coefficient (Wildman–Crippen LogP) is 11.9. The van der Waals surface area contributed by atoms with E-state index in [4.69, 9.17) is 9.97 Å². The molecule has 0 amide bonds. The summed E-state index contributed by atoms with van der Waals surface area (Å²) in [6.45, 7) is 26.4. The van der Waals surface area contributed by atoms with Crippen molar-refractivity contribution in [3.8, 4) is 45.2 Å². The van der Waals surface area contributed by atoms with E-state index in [2.05, 4.69) is 134 Å². The van der Waals surface area contributed by atoms with Crippen LogP contribution in [0.5, 0.6) is 5.75 Å². The number of rotatable bonds is 5. The summed E-state index contributed by atoms with van der Waals surface area (Å²) in [6, 6.07) is 32.9. The number of aromatic nitrogens is 3. The van der Waals surface area contributed by atoms with Gasteiger partial charge in [-0.25, -0.2) is 4.98 Å². The van der Waals surface area contributed by atoms with E-state index in [-0.39, 0.29) is 43.1 Å². The fourth-order valence-corrected chi connectivity index (χ4v) is 6.16. The van der Waals surface area contributed by atoms with Crippen LogP contribution in [0.4, 0.5) is 0 Å². The van der Waals surface area contributed by atoms with Crippen molar-refractivity contribution in [2.45, 2.75) is 85.5 Å². The zero-order chi connectivity index (χ0) is 35.5. The zero-order valence-corrected chi connectivity index (χ0v) is 33.2. The van der Waals surface area contributed by atoms with E-state index in [9.17, 15) is 5.11 Å². The number of hydrogen-bond acceptors (Lipinski definition) is 3. The van der Waals surface area contributed by atoms with Gasteiger partial charge < -0.3 is 5.11 Å². The van der Waals surface area contributed by atoms with Crippen LogP contribution in [0.1, 0.15) is 91.5 Å². The molecule has 0 radical (unpaired) electrons. The van der Waals surface area contributed by atoms with Crippen molar-refractivity contribution >= 4 is 16.6 Å². The number of phenolic OH excluding ortho intramolecular Hbond substituents is 1. The van der Waals surface area contributed by atoms with Crippen molar-refractivity contribution in [3.05, 3.63) is 126 Å². The zero-order valence-electron chi connectivity index (χ0n) is 31.0. The van der Waals surface area contributed by atoms with E-state index in [0.717, 1.165) is 50.2 Å². The van der Waals surface area contributed by atoms with Gasteiger partial charge in [0.15, 0.2) is 0 Å². The first-order valence-corrected chi connectivity index (χ1v) is 17.1. The summed E-state index contributed by atoms with van der Waals surface area (Å²) in [6.07, 6.45) is 1.84. The molecule has 0 unspecified atom stereocenters. The van der Waals surface area contributed by atoms with Gasteiger partial charge >= 0.3 is 0 Å². The Bertz CT molecular complexity index is 2190. The molecule has 0 atom stereocenters. The number of imidazole rings is 1.